The van der Waals surface area contributed by atoms with E-state index in [9.17, 15) is 4.79 Å². The summed E-state index contributed by atoms with van der Waals surface area (Å²) in [6, 6.07) is 16.0. The summed E-state index contributed by atoms with van der Waals surface area (Å²) in [5.74, 6) is 0. The maximum Gasteiger partial charge on any atom is 0.315 e. The Labute approximate surface area is 142 Å². The molecule has 0 atom stereocenters. The predicted octanol–water partition coefficient (Wildman–Crippen LogP) is 4.38. The Morgan fingerprint density at radius 2 is 1.54 bits per heavy atom. The summed E-state index contributed by atoms with van der Waals surface area (Å²) in [5, 5.41) is 8.07. The Hall–Kier alpha value is -2.62. The van der Waals surface area contributed by atoms with E-state index in [-0.39, 0.29) is 6.03 Å². The molecule has 4 nitrogen and oxygen atoms in total. The van der Waals surface area contributed by atoms with Gasteiger partial charge in [-0.25, -0.2) is 9.78 Å². The quantitative estimate of drug-likeness (QED) is 0.523. The van der Waals surface area contributed by atoms with Gasteiger partial charge < -0.3 is 10.6 Å². The van der Waals surface area contributed by atoms with Gasteiger partial charge in [-0.1, -0.05) is 56.2 Å². The van der Waals surface area contributed by atoms with Crippen LogP contribution in [0.2, 0.25) is 0 Å². The molecule has 1 heterocycles. The normalized spacial score (nSPS) is 10.9. The number of amides is 2. The van der Waals surface area contributed by atoms with Crippen LogP contribution in [0.15, 0.2) is 48.5 Å². The molecule has 0 aliphatic carbocycles. The van der Waals surface area contributed by atoms with Crippen molar-refractivity contribution < 1.29 is 4.79 Å². The first-order valence-electron chi connectivity index (χ1n) is 8.57. The van der Waals surface area contributed by atoms with Crippen molar-refractivity contribution in [2.45, 2.75) is 32.7 Å². The summed E-state index contributed by atoms with van der Waals surface area (Å²) in [6.45, 7) is 3.36. The third-order valence-electron chi connectivity index (χ3n) is 4.19. The van der Waals surface area contributed by atoms with E-state index in [1.807, 2.05) is 36.4 Å². The number of para-hydroxylation sites is 2. The lowest BCUT2D eigenvalue weighted by Gasteiger charge is -2.12. The largest absolute Gasteiger partial charge is 0.338 e. The smallest absolute Gasteiger partial charge is 0.315 e. The predicted molar refractivity (Wildman–Crippen MR) is 99.0 cm³/mol. The van der Waals surface area contributed by atoms with E-state index in [0.717, 1.165) is 53.2 Å². The van der Waals surface area contributed by atoms with Crippen LogP contribution in [-0.2, 0) is 6.54 Å². The van der Waals surface area contributed by atoms with Crippen LogP contribution in [0.4, 0.5) is 4.79 Å². The van der Waals surface area contributed by atoms with E-state index in [0.29, 0.717) is 6.54 Å². The Morgan fingerprint density at radius 1 is 0.917 bits per heavy atom. The Bertz CT molecular complexity index is 791. The molecule has 0 aliphatic heterocycles. The molecular weight excluding hydrogens is 298 g/mol. The molecule has 0 aliphatic rings. The number of fused-ring (bicyclic) bond motifs is 2. The fourth-order valence-electron chi connectivity index (χ4n) is 2.93. The van der Waals surface area contributed by atoms with Crippen LogP contribution >= 0.6 is 0 Å². The first kappa shape index (κ1) is 16.2. The average Bonchev–Trinajstić information content (AvgIpc) is 2.62. The first-order valence-corrected chi connectivity index (χ1v) is 8.57. The Kier molecular flexibility index (Phi) is 5.26. The van der Waals surface area contributed by atoms with Gasteiger partial charge in [0.15, 0.2) is 0 Å². The fourth-order valence-corrected chi connectivity index (χ4v) is 2.93. The molecule has 1 aromatic heterocycles. The van der Waals surface area contributed by atoms with Crippen molar-refractivity contribution >= 4 is 27.8 Å². The van der Waals surface area contributed by atoms with Crippen LogP contribution in [0.25, 0.3) is 21.8 Å². The van der Waals surface area contributed by atoms with Gasteiger partial charge in [0.25, 0.3) is 0 Å². The highest BCUT2D eigenvalue weighted by molar-refractivity contribution is 5.97. The summed E-state index contributed by atoms with van der Waals surface area (Å²) < 4.78 is 0. The van der Waals surface area contributed by atoms with Crippen molar-refractivity contribution in [2.75, 3.05) is 6.54 Å². The summed E-state index contributed by atoms with van der Waals surface area (Å²) in [4.78, 5) is 16.7. The zero-order valence-corrected chi connectivity index (χ0v) is 14.0. The van der Waals surface area contributed by atoms with Gasteiger partial charge >= 0.3 is 6.03 Å². The fraction of sp³-hybridized carbons (Fsp3) is 0.300. The third-order valence-corrected chi connectivity index (χ3v) is 4.19. The second-order valence-corrected chi connectivity index (χ2v) is 5.94. The lowest BCUT2D eigenvalue weighted by molar-refractivity contribution is 0.240. The molecule has 2 N–H and O–H groups in total. The number of carbonyl (C=O) groups is 1. The molecule has 2 aromatic carbocycles. The number of carbonyl (C=O) groups excluding carboxylic acids is 1. The second-order valence-electron chi connectivity index (χ2n) is 5.94. The van der Waals surface area contributed by atoms with Crippen molar-refractivity contribution in [1.29, 1.82) is 0 Å². The van der Waals surface area contributed by atoms with Crippen LogP contribution < -0.4 is 10.6 Å². The maximum atomic E-state index is 12.0. The number of pyridine rings is 1. The maximum absolute atomic E-state index is 12.0. The first-order chi connectivity index (χ1) is 11.8. The van der Waals surface area contributed by atoms with Gasteiger partial charge in [-0.3, -0.25) is 0 Å². The van der Waals surface area contributed by atoms with Crippen molar-refractivity contribution in [1.82, 2.24) is 15.6 Å². The average molecular weight is 321 g/mol. The minimum absolute atomic E-state index is 0.115. The van der Waals surface area contributed by atoms with E-state index in [4.69, 9.17) is 4.98 Å². The van der Waals surface area contributed by atoms with Crippen molar-refractivity contribution in [3.63, 3.8) is 0 Å². The molecule has 3 rings (SSSR count). The summed E-state index contributed by atoms with van der Waals surface area (Å²) in [5.41, 5.74) is 3.02. The number of unbranched alkanes of at least 4 members (excludes halogenated alkanes) is 2. The monoisotopic (exact) mass is 321 g/mol. The highest BCUT2D eigenvalue weighted by atomic mass is 16.2. The molecule has 3 aromatic rings. The number of aromatic nitrogens is 1. The van der Waals surface area contributed by atoms with Gasteiger partial charge in [-0.2, -0.15) is 0 Å². The lowest BCUT2D eigenvalue weighted by Crippen LogP contribution is -2.35. The van der Waals surface area contributed by atoms with E-state index in [2.05, 4.69) is 29.7 Å². The van der Waals surface area contributed by atoms with Crippen LogP contribution in [0.5, 0.6) is 0 Å². The van der Waals surface area contributed by atoms with Crippen molar-refractivity contribution in [2.24, 2.45) is 0 Å². The standard InChI is InChI=1S/C20H23N3O/c1-2-3-8-13-21-20(24)22-14-17-15-9-4-6-11-18(15)23-19-12-7-5-10-16(17)19/h4-7,9-12H,2-3,8,13-14H2,1H3,(H2,21,22,24). The van der Waals surface area contributed by atoms with Gasteiger partial charge in [0.2, 0.25) is 0 Å². The minimum atomic E-state index is -0.115. The van der Waals surface area contributed by atoms with Gasteiger partial charge in [0, 0.05) is 23.9 Å². The van der Waals surface area contributed by atoms with Crippen LogP contribution in [-0.4, -0.2) is 17.6 Å². The highest BCUT2D eigenvalue weighted by Gasteiger charge is 2.09. The Morgan fingerprint density at radius 3 is 2.17 bits per heavy atom. The topological polar surface area (TPSA) is 54.0 Å². The number of nitrogens with one attached hydrogen (secondary N) is 2. The van der Waals surface area contributed by atoms with E-state index >= 15 is 0 Å². The van der Waals surface area contributed by atoms with Crippen molar-refractivity contribution in [3.8, 4) is 0 Å². The highest BCUT2D eigenvalue weighted by Crippen LogP contribution is 2.25. The molecule has 0 unspecified atom stereocenters. The lowest BCUT2D eigenvalue weighted by atomic mass is 10.0. The Balaban J connectivity index is 1.80. The van der Waals surface area contributed by atoms with E-state index < -0.39 is 0 Å². The molecule has 0 saturated carbocycles. The molecular formula is C20H23N3O. The molecule has 0 bridgehead atoms. The number of hydrogen-bond acceptors (Lipinski definition) is 2. The molecule has 0 radical (unpaired) electrons. The zero-order valence-electron chi connectivity index (χ0n) is 14.0. The SMILES string of the molecule is CCCCCNC(=O)NCc1c2ccccc2nc2ccccc12. The van der Waals surface area contributed by atoms with E-state index in [1.54, 1.807) is 0 Å². The van der Waals surface area contributed by atoms with Gasteiger partial charge in [-0.05, 0) is 24.1 Å². The van der Waals surface area contributed by atoms with Crippen LogP contribution in [0, 0.1) is 0 Å². The molecule has 4 heteroatoms. The molecule has 0 spiro atoms. The number of benzene rings is 2. The summed E-state index contributed by atoms with van der Waals surface area (Å²) in [6.07, 6.45) is 3.31. The second kappa shape index (κ2) is 7.77. The minimum Gasteiger partial charge on any atom is -0.338 e. The summed E-state index contributed by atoms with van der Waals surface area (Å²) in [7, 11) is 0. The number of rotatable bonds is 6. The summed E-state index contributed by atoms with van der Waals surface area (Å²) >= 11 is 0. The van der Waals surface area contributed by atoms with Gasteiger partial charge in [0.1, 0.15) is 0 Å². The van der Waals surface area contributed by atoms with Gasteiger partial charge in [0.05, 0.1) is 11.0 Å². The molecule has 2 amide bonds. The molecule has 24 heavy (non-hydrogen) atoms. The van der Waals surface area contributed by atoms with Crippen LogP contribution in [0.1, 0.15) is 31.7 Å². The number of urea groups is 1. The third kappa shape index (κ3) is 3.65. The number of nitrogens with zero attached hydrogens (tertiary/aromatic N) is 1. The van der Waals surface area contributed by atoms with E-state index in [1.165, 1.54) is 0 Å². The molecule has 0 saturated heterocycles. The van der Waals surface area contributed by atoms with Crippen LogP contribution in [0.3, 0.4) is 0 Å². The molecule has 124 valence electrons. The number of hydrogen-bond donors (Lipinski definition) is 2. The van der Waals surface area contributed by atoms with Gasteiger partial charge in [-0.15, -0.1) is 0 Å². The van der Waals surface area contributed by atoms with Crippen molar-refractivity contribution in [3.05, 3.63) is 54.1 Å². The molecule has 0 fully saturated rings. The zero-order chi connectivity index (χ0) is 16.8.